The molecule has 1 aromatic heterocycles. The van der Waals surface area contributed by atoms with Gasteiger partial charge in [-0.05, 0) is 18.2 Å². The summed E-state index contributed by atoms with van der Waals surface area (Å²) in [6.07, 6.45) is 0.740. The van der Waals surface area contributed by atoms with Crippen LogP contribution in [0.1, 0.15) is 10.4 Å². The van der Waals surface area contributed by atoms with Crippen LogP contribution in [-0.4, -0.2) is 21.0 Å². The van der Waals surface area contributed by atoms with E-state index in [0.29, 0.717) is 6.07 Å². The SMILES string of the molecule is O=C(O)c1cc(F)cnc1Oc1ccc(Cl)cc1[N+](=O)[O-]. The first kappa shape index (κ1) is 14.7. The van der Waals surface area contributed by atoms with Gasteiger partial charge in [0.25, 0.3) is 0 Å². The Morgan fingerprint density at radius 2 is 2.14 bits per heavy atom. The number of carbonyl (C=O) groups is 1. The average molecular weight is 313 g/mol. The van der Waals surface area contributed by atoms with Crippen molar-refractivity contribution in [3.05, 3.63) is 57.0 Å². The third kappa shape index (κ3) is 3.23. The van der Waals surface area contributed by atoms with E-state index >= 15 is 0 Å². The number of benzene rings is 1. The predicted octanol–water partition coefficient (Wildman–Crippen LogP) is 3.27. The van der Waals surface area contributed by atoms with Crippen molar-refractivity contribution in [1.29, 1.82) is 0 Å². The highest BCUT2D eigenvalue weighted by atomic mass is 35.5. The zero-order valence-corrected chi connectivity index (χ0v) is 10.9. The van der Waals surface area contributed by atoms with Crippen LogP contribution in [0.4, 0.5) is 10.1 Å². The van der Waals surface area contributed by atoms with Crippen LogP contribution < -0.4 is 4.74 Å². The molecule has 0 unspecified atom stereocenters. The third-order valence-corrected chi connectivity index (χ3v) is 2.61. The molecule has 0 amide bonds. The maximum atomic E-state index is 13.0. The number of aromatic carboxylic acids is 1. The maximum absolute atomic E-state index is 13.0. The number of hydrogen-bond acceptors (Lipinski definition) is 5. The van der Waals surface area contributed by atoms with E-state index in [1.807, 2.05) is 0 Å². The number of aromatic nitrogens is 1. The Hall–Kier alpha value is -2.74. The number of carboxylic acids is 1. The van der Waals surface area contributed by atoms with Crippen molar-refractivity contribution >= 4 is 23.3 Å². The quantitative estimate of drug-likeness (QED) is 0.686. The molecule has 2 rings (SSSR count). The molecule has 108 valence electrons. The van der Waals surface area contributed by atoms with Gasteiger partial charge in [0.15, 0.2) is 0 Å². The Labute approximate surface area is 121 Å². The van der Waals surface area contributed by atoms with Crippen molar-refractivity contribution in [2.75, 3.05) is 0 Å². The van der Waals surface area contributed by atoms with E-state index in [1.54, 1.807) is 0 Å². The van der Waals surface area contributed by atoms with Gasteiger partial charge >= 0.3 is 11.7 Å². The first-order valence-corrected chi connectivity index (χ1v) is 5.77. The molecule has 1 heterocycles. The normalized spacial score (nSPS) is 10.2. The monoisotopic (exact) mass is 312 g/mol. The molecule has 0 aliphatic carbocycles. The Balaban J connectivity index is 2.48. The minimum Gasteiger partial charge on any atom is -0.477 e. The van der Waals surface area contributed by atoms with Crippen molar-refractivity contribution in [3.8, 4) is 11.6 Å². The highest BCUT2D eigenvalue weighted by Crippen LogP contribution is 2.34. The Morgan fingerprint density at radius 3 is 2.76 bits per heavy atom. The molecule has 0 aliphatic heterocycles. The molecule has 21 heavy (non-hydrogen) atoms. The molecule has 0 spiro atoms. The fourth-order valence-corrected chi connectivity index (χ4v) is 1.65. The highest BCUT2D eigenvalue weighted by molar-refractivity contribution is 6.30. The van der Waals surface area contributed by atoms with Gasteiger partial charge in [-0.2, -0.15) is 0 Å². The van der Waals surface area contributed by atoms with Crippen LogP contribution in [0.5, 0.6) is 11.6 Å². The van der Waals surface area contributed by atoms with Crippen LogP contribution in [0.15, 0.2) is 30.5 Å². The van der Waals surface area contributed by atoms with Crippen LogP contribution in [-0.2, 0) is 0 Å². The molecule has 0 radical (unpaired) electrons. The number of nitro groups is 1. The molecule has 0 aliphatic rings. The molecular formula is C12H6ClFN2O5. The summed E-state index contributed by atoms with van der Waals surface area (Å²) < 4.78 is 18.1. The van der Waals surface area contributed by atoms with Crippen molar-refractivity contribution in [3.63, 3.8) is 0 Å². The molecular weight excluding hydrogens is 307 g/mol. The molecule has 1 N–H and O–H groups in total. The van der Waals surface area contributed by atoms with Gasteiger partial charge in [-0.15, -0.1) is 0 Å². The lowest BCUT2D eigenvalue weighted by molar-refractivity contribution is -0.385. The fourth-order valence-electron chi connectivity index (χ4n) is 1.48. The summed E-state index contributed by atoms with van der Waals surface area (Å²) in [6, 6.07) is 4.26. The molecule has 2 aromatic rings. The zero-order chi connectivity index (χ0) is 15.6. The van der Waals surface area contributed by atoms with Crippen molar-refractivity contribution in [1.82, 2.24) is 4.98 Å². The summed E-state index contributed by atoms with van der Waals surface area (Å²) in [5.74, 6) is -3.07. The molecule has 0 atom stereocenters. The van der Waals surface area contributed by atoms with Crippen LogP contribution in [0.3, 0.4) is 0 Å². The van der Waals surface area contributed by atoms with Crippen molar-refractivity contribution < 1.29 is 24.0 Å². The molecule has 0 saturated carbocycles. The van der Waals surface area contributed by atoms with Crippen molar-refractivity contribution in [2.24, 2.45) is 0 Å². The smallest absolute Gasteiger partial charge is 0.341 e. The van der Waals surface area contributed by atoms with Gasteiger partial charge in [0, 0.05) is 11.1 Å². The molecule has 1 aromatic carbocycles. The Kier molecular flexibility index (Phi) is 3.99. The molecule has 9 heteroatoms. The van der Waals surface area contributed by atoms with Gasteiger partial charge in [0.05, 0.1) is 11.1 Å². The third-order valence-electron chi connectivity index (χ3n) is 2.37. The lowest BCUT2D eigenvalue weighted by Crippen LogP contribution is -2.04. The first-order chi connectivity index (χ1) is 9.88. The topological polar surface area (TPSA) is 103 Å². The second-order valence-electron chi connectivity index (χ2n) is 3.78. The maximum Gasteiger partial charge on any atom is 0.341 e. The van der Waals surface area contributed by atoms with Crippen LogP contribution in [0.2, 0.25) is 5.02 Å². The second kappa shape index (κ2) is 5.71. The average Bonchev–Trinajstić information content (AvgIpc) is 2.42. The predicted molar refractivity (Wildman–Crippen MR) is 69.3 cm³/mol. The van der Waals surface area contributed by atoms with E-state index in [9.17, 15) is 19.3 Å². The number of pyridine rings is 1. The number of ether oxygens (including phenoxy) is 1. The van der Waals surface area contributed by atoms with E-state index in [4.69, 9.17) is 21.4 Å². The molecule has 7 nitrogen and oxygen atoms in total. The number of rotatable bonds is 4. The van der Waals surface area contributed by atoms with E-state index in [2.05, 4.69) is 4.98 Å². The number of hydrogen-bond donors (Lipinski definition) is 1. The minimum absolute atomic E-state index is 0.111. The van der Waals surface area contributed by atoms with Crippen LogP contribution >= 0.6 is 11.6 Å². The summed E-state index contributed by atoms with van der Waals surface area (Å²) in [5.41, 5.74) is -1.02. The summed E-state index contributed by atoms with van der Waals surface area (Å²) >= 11 is 5.65. The standard InChI is InChI=1S/C12H6ClFN2O5/c13-6-1-2-10(9(3-6)16(19)20)21-11-8(12(17)18)4-7(14)5-15-11/h1-5H,(H,17,18). The highest BCUT2D eigenvalue weighted by Gasteiger charge is 2.21. The van der Waals surface area contributed by atoms with Gasteiger partial charge < -0.3 is 9.84 Å². The minimum atomic E-state index is -1.48. The Morgan fingerprint density at radius 1 is 1.43 bits per heavy atom. The molecule has 0 saturated heterocycles. The number of nitrogens with zero attached hydrogens (tertiary/aromatic N) is 2. The van der Waals surface area contributed by atoms with Gasteiger partial charge in [-0.25, -0.2) is 14.2 Å². The first-order valence-electron chi connectivity index (χ1n) is 5.39. The van der Waals surface area contributed by atoms with Crippen LogP contribution in [0, 0.1) is 15.9 Å². The summed E-state index contributed by atoms with van der Waals surface area (Å²) in [7, 11) is 0. The molecule has 0 fully saturated rings. The lowest BCUT2D eigenvalue weighted by Gasteiger charge is -2.08. The summed E-state index contributed by atoms with van der Waals surface area (Å²) in [4.78, 5) is 24.6. The van der Waals surface area contributed by atoms with E-state index in [1.165, 1.54) is 12.1 Å². The summed E-state index contributed by atoms with van der Waals surface area (Å²) in [5, 5.41) is 20.0. The fraction of sp³-hybridized carbons (Fsp3) is 0. The van der Waals surface area contributed by atoms with Gasteiger partial charge in [-0.3, -0.25) is 10.1 Å². The number of halogens is 2. The van der Waals surface area contributed by atoms with E-state index in [0.717, 1.165) is 12.3 Å². The summed E-state index contributed by atoms with van der Waals surface area (Å²) in [6.45, 7) is 0. The van der Waals surface area contributed by atoms with Crippen LogP contribution in [0.25, 0.3) is 0 Å². The second-order valence-corrected chi connectivity index (χ2v) is 4.22. The van der Waals surface area contributed by atoms with Gasteiger partial charge in [0.1, 0.15) is 11.4 Å². The van der Waals surface area contributed by atoms with Gasteiger partial charge in [0.2, 0.25) is 11.6 Å². The van der Waals surface area contributed by atoms with Crippen molar-refractivity contribution in [2.45, 2.75) is 0 Å². The molecule has 0 bridgehead atoms. The zero-order valence-electron chi connectivity index (χ0n) is 10.1. The number of carboxylic acid groups (broad SMARTS) is 1. The van der Waals surface area contributed by atoms with E-state index < -0.39 is 33.8 Å². The largest absolute Gasteiger partial charge is 0.477 e. The number of nitro benzene ring substituents is 1. The van der Waals surface area contributed by atoms with E-state index in [-0.39, 0.29) is 10.8 Å². The Bertz CT molecular complexity index is 676. The lowest BCUT2D eigenvalue weighted by atomic mass is 10.2. The van der Waals surface area contributed by atoms with Gasteiger partial charge in [-0.1, -0.05) is 11.6 Å².